The summed E-state index contributed by atoms with van der Waals surface area (Å²) >= 11 is 0. The van der Waals surface area contributed by atoms with Crippen molar-refractivity contribution in [2.24, 2.45) is 0 Å². The van der Waals surface area contributed by atoms with Gasteiger partial charge in [-0.15, -0.1) is 0 Å². The first-order valence-electron chi connectivity index (χ1n) is 3.59. The molecule has 3 heteroatoms. The number of hydrogen-bond acceptors (Lipinski definition) is 1. The fourth-order valence-corrected chi connectivity index (χ4v) is 0.809. The van der Waals surface area contributed by atoms with E-state index in [9.17, 15) is 0 Å². The molecule has 2 N–H and O–H groups in total. The summed E-state index contributed by atoms with van der Waals surface area (Å²) in [5.41, 5.74) is 1.22. The van der Waals surface area contributed by atoms with Crippen LogP contribution in [0.3, 0.4) is 0 Å². The van der Waals surface area contributed by atoms with Gasteiger partial charge in [0.2, 0.25) is 5.82 Å². The van der Waals surface area contributed by atoms with Crippen molar-refractivity contribution in [2.75, 3.05) is 6.54 Å². The van der Waals surface area contributed by atoms with Crippen LogP contribution in [0.15, 0.2) is 18.3 Å². The Morgan fingerprint density at radius 1 is 1.45 bits per heavy atom. The Kier molecular flexibility index (Phi) is 4.83. The van der Waals surface area contributed by atoms with Crippen LogP contribution in [0, 0.1) is 6.92 Å². The zero-order valence-electron chi connectivity index (χ0n) is 6.84. The number of nitrogens with zero attached hydrogens (tertiary/aromatic N) is 1. The van der Waals surface area contributed by atoms with Crippen LogP contribution in [0.25, 0.3) is 0 Å². The second kappa shape index (κ2) is 5.10. The average Bonchev–Trinajstić information content (AvgIpc) is 1.95. The highest BCUT2D eigenvalue weighted by atomic mass is 35.5. The molecule has 0 amide bonds. The van der Waals surface area contributed by atoms with Gasteiger partial charge in [-0.3, -0.25) is 5.32 Å². The molecule has 2 nitrogen and oxygen atoms in total. The Balaban J connectivity index is 0.000001000. The molecular formula is C8H13ClN2. The number of aromatic nitrogens is 1. The molecule has 0 bridgehead atoms. The molecule has 0 atom stereocenters. The standard InChI is InChI=1S/C8H12N2.ClH/c1-3-9-8-5-4-7(2)6-10-8;/h4-6H,3H2,1-2H3,(H,9,10);1H. The van der Waals surface area contributed by atoms with Crippen molar-refractivity contribution in [2.45, 2.75) is 13.8 Å². The van der Waals surface area contributed by atoms with E-state index >= 15 is 0 Å². The lowest BCUT2D eigenvalue weighted by atomic mass is 10.3. The third-order valence-corrected chi connectivity index (χ3v) is 1.35. The smallest absolute Gasteiger partial charge is 0.224 e. The molecule has 0 aliphatic heterocycles. The maximum Gasteiger partial charge on any atom is 0.224 e. The summed E-state index contributed by atoms with van der Waals surface area (Å²) in [7, 11) is 0. The van der Waals surface area contributed by atoms with Gasteiger partial charge < -0.3 is 12.4 Å². The van der Waals surface area contributed by atoms with Crippen LogP contribution >= 0.6 is 0 Å². The van der Waals surface area contributed by atoms with Gasteiger partial charge in [-0.2, -0.15) is 0 Å². The van der Waals surface area contributed by atoms with E-state index < -0.39 is 0 Å². The van der Waals surface area contributed by atoms with Crippen molar-refractivity contribution in [3.8, 4) is 0 Å². The minimum atomic E-state index is 0. The first-order chi connectivity index (χ1) is 4.83. The number of pyridine rings is 1. The summed E-state index contributed by atoms with van der Waals surface area (Å²) in [5, 5.41) is 2.11. The maximum atomic E-state index is 4.21. The van der Waals surface area contributed by atoms with Crippen molar-refractivity contribution in [3.63, 3.8) is 0 Å². The Bertz CT molecular complexity index is 196. The van der Waals surface area contributed by atoms with E-state index in [1.807, 2.05) is 19.2 Å². The lowest BCUT2D eigenvalue weighted by Gasteiger charge is -1.94. The molecule has 1 aromatic heterocycles. The Morgan fingerprint density at radius 3 is 2.64 bits per heavy atom. The highest BCUT2D eigenvalue weighted by Crippen LogP contribution is 1.96. The SMILES string of the molecule is CC[NH2+]c1ccc(C)cn1.[Cl-]. The molecule has 0 unspecified atom stereocenters. The summed E-state index contributed by atoms with van der Waals surface area (Å²) in [6.07, 6.45) is 1.89. The Hall–Kier alpha value is -0.600. The molecule has 0 aliphatic carbocycles. The van der Waals surface area contributed by atoms with E-state index in [4.69, 9.17) is 0 Å². The Labute approximate surface area is 73.4 Å². The largest absolute Gasteiger partial charge is 1.00 e. The van der Waals surface area contributed by atoms with Crippen molar-refractivity contribution < 1.29 is 17.7 Å². The van der Waals surface area contributed by atoms with Gasteiger partial charge in [0.1, 0.15) is 0 Å². The van der Waals surface area contributed by atoms with E-state index in [2.05, 4.69) is 23.3 Å². The second-order valence-corrected chi connectivity index (χ2v) is 2.37. The number of nitrogens with two attached hydrogens (primary N) is 1. The zero-order valence-corrected chi connectivity index (χ0v) is 7.60. The molecule has 1 rings (SSSR count). The minimum Gasteiger partial charge on any atom is -1.00 e. The van der Waals surface area contributed by atoms with Crippen LogP contribution in [0.5, 0.6) is 0 Å². The maximum absolute atomic E-state index is 4.21. The summed E-state index contributed by atoms with van der Waals surface area (Å²) in [5.74, 6) is 1.08. The highest BCUT2D eigenvalue weighted by Gasteiger charge is 1.92. The minimum absolute atomic E-state index is 0. The van der Waals surface area contributed by atoms with Crippen LogP contribution in [0.1, 0.15) is 12.5 Å². The fourth-order valence-electron chi connectivity index (χ4n) is 0.809. The number of hydrogen-bond donors (Lipinski definition) is 1. The highest BCUT2D eigenvalue weighted by molar-refractivity contribution is 5.20. The quantitative estimate of drug-likeness (QED) is 0.530. The zero-order chi connectivity index (χ0) is 7.40. The summed E-state index contributed by atoms with van der Waals surface area (Å²) in [4.78, 5) is 4.21. The predicted molar refractivity (Wildman–Crippen MR) is 41.1 cm³/mol. The van der Waals surface area contributed by atoms with Crippen LogP contribution in [0.4, 0.5) is 5.82 Å². The van der Waals surface area contributed by atoms with Crippen LogP contribution in [-0.4, -0.2) is 11.5 Å². The third-order valence-electron chi connectivity index (χ3n) is 1.35. The van der Waals surface area contributed by atoms with E-state index in [1.54, 1.807) is 0 Å². The molecule has 62 valence electrons. The van der Waals surface area contributed by atoms with Crippen LogP contribution in [-0.2, 0) is 0 Å². The van der Waals surface area contributed by atoms with E-state index in [0.29, 0.717) is 0 Å². The number of quaternary nitrogens is 1. The molecule has 0 fully saturated rings. The third kappa shape index (κ3) is 3.35. The van der Waals surface area contributed by atoms with Crippen molar-refractivity contribution >= 4 is 5.82 Å². The summed E-state index contributed by atoms with van der Waals surface area (Å²) < 4.78 is 0. The van der Waals surface area contributed by atoms with Crippen LogP contribution in [0.2, 0.25) is 0 Å². The predicted octanol–water partition coefficient (Wildman–Crippen LogP) is -2.39. The monoisotopic (exact) mass is 172 g/mol. The molecule has 0 aliphatic rings. The fraction of sp³-hybridized carbons (Fsp3) is 0.375. The molecule has 0 saturated carbocycles. The van der Waals surface area contributed by atoms with Crippen molar-refractivity contribution in [1.82, 2.24) is 4.98 Å². The summed E-state index contributed by atoms with van der Waals surface area (Å²) in [6, 6.07) is 4.12. The molecule has 0 radical (unpaired) electrons. The molecule has 1 heterocycles. The molecule has 11 heavy (non-hydrogen) atoms. The molecule has 1 aromatic rings. The lowest BCUT2D eigenvalue weighted by Crippen LogP contribution is -3.00. The lowest BCUT2D eigenvalue weighted by molar-refractivity contribution is -0.571. The molecular weight excluding hydrogens is 160 g/mol. The van der Waals surface area contributed by atoms with Gasteiger partial charge >= 0.3 is 0 Å². The summed E-state index contributed by atoms with van der Waals surface area (Å²) in [6.45, 7) is 5.21. The topological polar surface area (TPSA) is 29.5 Å². The van der Waals surface area contributed by atoms with Crippen molar-refractivity contribution in [1.29, 1.82) is 0 Å². The van der Waals surface area contributed by atoms with Gasteiger partial charge in [-0.05, 0) is 19.4 Å². The molecule has 0 spiro atoms. The molecule has 0 saturated heterocycles. The first-order valence-corrected chi connectivity index (χ1v) is 3.59. The van der Waals surface area contributed by atoms with Gasteiger partial charge in [-0.25, -0.2) is 4.98 Å². The van der Waals surface area contributed by atoms with Gasteiger partial charge in [0.05, 0.1) is 6.54 Å². The number of aryl methyl sites for hydroxylation is 1. The van der Waals surface area contributed by atoms with Crippen molar-refractivity contribution in [3.05, 3.63) is 23.9 Å². The van der Waals surface area contributed by atoms with E-state index in [0.717, 1.165) is 12.4 Å². The first kappa shape index (κ1) is 10.4. The number of halogens is 1. The van der Waals surface area contributed by atoms with Gasteiger partial charge in [0, 0.05) is 12.3 Å². The second-order valence-electron chi connectivity index (χ2n) is 2.37. The normalized spacial score (nSPS) is 8.91. The van der Waals surface area contributed by atoms with Crippen LogP contribution < -0.4 is 17.7 Å². The average molecular weight is 173 g/mol. The van der Waals surface area contributed by atoms with Gasteiger partial charge in [0.25, 0.3) is 0 Å². The van der Waals surface area contributed by atoms with Gasteiger partial charge in [-0.1, -0.05) is 6.07 Å². The number of rotatable bonds is 2. The van der Waals surface area contributed by atoms with E-state index in [1.165, 1.54) is 5.56 Å². The van der Waals surface area contributed by atoms with Gasteiger partial charge in [0.15, 0.2) is 0 Å². The van der Waals surface area contributed by atoms with E-state index in [-0.39, 0.29) is 12.4 Å². The molecule has 0 aromatic carbocycles. The Morgan fingerprint density at radius 2 is 2.18 bits per heavy atom.